The van der Waals surface area contributed by atoms with Gasteiger partial charge in [0.15, 0.2) is 17.2 Å². The molecule has 4 aromatic heterocycles. The minimum absolute atomic E-state index is 0.0169. The van der Waals surface area contributed by atoms with E-state index in [2.05, 4.69) is 55.2 Å². The molecule has 1 aromatic carbocycles. The lowest BCUT2D eigenvalue weighted by atomic mass is 10.1. The summed E-state index contributed by atoms with van der Waals surface area (Å²) in [6.07, 6.45) is 10.2. The first kappa shape index (κ1) is 23.0. The van der Waals surface area contributed by atoms with Crippen LogP contribution in [0.25, 0.3) is 11.2 Å². The van der Waals surface area contributed by atoms with Crippen molar-refractivity contribution in [2.24, 2.45) is 0 Å². The molecule has 2 bridgehead atoms. The first-order valence-electron chi connectivity index (χ1n) is 12.8. The molecule has 6 heterocycles. The van der Waals surface area contributed by atoms with Crippen LogP contribution in [0.2, 0.25) is 0 Å². The Hall–Kier alpha value is -5.11. The number of aromatic nitrogens is 6. The van der Waals surface area contributed by atoms with Gasteiger partial charge in [-0.15, -0.1) is 0 Å². The fourth-order valence-electron chi connectivity index (χ4n) is 5.67. The zero-order valence-electron chi connectivity index (χ0n) is 21.3. The fourth-order valence-corrected chi connectivity index (χ4v) is 5.67. The van der Waals surface area contributed by atoms with Gasteiger partial charge in [0.1, 0.15) is 23.9 Å². The van der Waals surface area contributed by atoms with Gasteiger partial charge in [-0.2, -0.15) is 10.2 Å². The highest BCUT2D eigenvalue weighted by atomic mass is 16.5. The Labute approximate surface area is 224 Å². The summed E-state index contributed by atoms with van der Waals surface area (Å²) in [4.78, 5) is 25.5. The summed E-state index contributed by atoms with van der Waals surface area (Å²) in [5.41, 5.74) is 4.20. The number of aryl methyl sites for hydroxylation is 1. The molecule has 0 aliphatic carbocycles. The Morgan fingerprint density at radius 3 is 2.64 bits per heavy atom. The van der Waals surface area contributed by atoms with Gasteiger partial charge in [-0.25, -0.2) is 19.0 Å². The first-order chi connectivity index (χ1) is 19.1. The van der Waals surface area contributed by atoms with Crippen molar-refractivity contribution in [1.82, 2.24) is 34.1 Å². The maximum atomic E-state index is 12.4. The monoisotopic (exact) mass is 519 g/mol. The Morgan fingerprint density at radius 1 is 1.08 bits per heavy atom. The SMILES string of the molecule is C=CC(=O)N1C2CCC1CN(c1ccn3ncnc(Nc4c#cc(Oc5ccn6ncnc6c5)c(C)c4)c13)C2. The van der Waals surface area contributed by atoms with Gasteiger partial charge < -0.3 is 19.9 Å². The van der Waals surface area contributed by atoms with Gasteiger partial charge >= 0.3 is 0 Å². The average Bonchev–Trinajstić information content (AvgIpc) is 3.66. The van der Waals surface area contributed by atoms with Crippen molar-refractivity contribution in [3.05, 3.63) is 79.7 Å². The van der Waals surface area contributed by atoms with E-state index >= 15 is 0 Å². The standard InChI is InChI=1S/C28H25N9O2/c1-3-26(38)37-20-5-6-21(37)15-34(14-20)23-9-11-36-27(23)28(30-17-32-36)33-19-4-7-24(18(2)12-19)39-22-8-10-35-25(13-22)29-16-31-35/h3,8-13,16-17,20-21H,1,5-6,14-15H2,2H3,(H,30,32,33). The van der Waals surface area contributed by atoms with Gasteiger partial charge in [-0.1, -0.05) is 6.58 Å². The Morgan fingerprint density at radius 2 is 1.85 bits per heavy atom. The van der Waals surface area contributed by atoms with E-state index < -0.39 is 0 Å². The van der Waals surface area contributed by atoms with Crippen LogP contribution in [0, 0.1) is 19.1 Å². The topological polar surface area (TPSA) is 105 Å². The third-order valence-corrected chi connectivity index (χ3v) is 7.44. The van der Waals surface area contributed by atoms with Crippen molar-refractivity contribution < 1.29 is 9.53 Å². The largest absolute Gasteiger partial charge is 0.448 e. The molecule has 2 saturated heterocycles. The molecule has 0 spiro atoms. The van der Waals surface area contributed by atoms with E-state index in [0.717, 1.165) is 42.7 Å². The van der Waals surface area contributed by atoms with Crippen molar-refractivity contribution in [2.75, 3.05) is 23.3 Å². The lowest BCUT2D eigenvalue weighted by molar-refractivity contribution is -0.129. The molecule has 7 rings (SSSR count). The van der Waals surface area contributed by atoms with Crippen LogP contribution in [0.4, 0.5) is 17.2 Å². The minimum atomic E-state index is 0.0169. The highest BCUT2D eigenvalue weighted by Gasteiger charge is 2.42. The lowest BCUT2D eigenvalue weighted by Crippen LogP contribution is -2.55. The molecule has 11 nitrogen and oxygen atoms in total. The van der Waals surface area contributed by atoms with Gasteiger partial charge in [0.2, 0.25) is 5.91 Å². The average molecular weight is 520 g/mol. The van der Waals surface area contributed by atoms with E-state index in [1.165, 1.54) is 18.7 Å². The number of nitrogens with zero attached hydrogens (tertiary/aromatic N) is 8. The van der Waals surface area contributed by atoms with Crippen molar-refractivity contribution in [3.8, 4) is 11.5 Å². The summed E-state index contributed by atoms with van der Waals surface area (Å²) in [5, 5.41) is 11.9. The summed E-state index contributed by atoms with van der Waals surface area (Å²) in [5.74, 6) is 1.89. The van der Waals surface area contributed by atoms with Gasteiger partial charge in [0.25, 0.3) is 0 Å². The normalized spacial score (nSPS) is 18.4. The molecule has 194 valence electrons. The number of ether oxygens (including phenoxy) is 1. The molecule has 1 amide bonds. The predicted molar refractivity (Wildman–Crippen MR) is 144 cm³/mol. The second kappa shape index (κ2) is 9.02. The number of amides is 1. The Kier molecular flexibility index (Phi) is 5.33. The molecule has 2 fully saturated rings. The highest BCUT2D eigenvalue weighted by Crippen LogP contribution is 2.37. The zero-order valence-corrected chi connectivity index (χ0v) is 21.3. The maximum absolute atomic E-state index is 12.4. The number of hydrogen-bond acceptors (Lipinski definition) is 8. The second-order valence-corrected chi connectivity index (χ2v) is 9.81. The van der Waals surface area contributed by atoms with Crippen LogP contribution < -0.4 is 15.0 Å². The molecule has 11 heteroatoms. The number of rotatable bonds is 6. The van der Waals surface area contributed by atoms with E-state index in [9.17, 15) is 4.79 Å². The van der Waals surface area contributed by atoms with E-state index in [-0.39, 0.29) is 18.0 Å². The Bertz CT molecular complexity index is 1710. The number of piperazine rings is 1. The molecule has 2 atom stereocenters. The number of anilines is 3. The number of fused-ring (bicyclic) bond motifs is 4. The zero-order chi connectivity index (χ0) is 26.5. The third kappa shape index (κ3) is 3.97. The molecular formula is C28H25N9O2. The van der Waals surface area contributed by atoms with Crippen LogP contribution in [0.3, 0.4) is 0 Å². The molecule has 0 saturated carbocycles. The van der Waals surface area contributed by atoms with Crippen molar-refractivity contribution in [3.63, 3.8) is 0 Å². The summed E-state index contributed by atoms with van der Waals surface area (Å²) in [6.45, 7) is 7.16. The van der Waals surface area contributed by atoms with E-state index in [1.54, 1.807) is 10.7 Å². The van der Waals surface area contributed by atoms with Gasteiger partial charge in [-0.3, -0.25) is 4.79 Å². The summed E-state index contributed by atoms with van der Waals surface area (Å²) in [7, 11) is 0. The summed E-state index contributed by atoms with van der Waals surface area (Å²) >= 11 is 0. The second-order valence-electron chi connectivity index (χ2n) is 9.81. The van der Waals surface area contributed by atoms with Gasteiger partial charge in [0, 0.05) is 49.2 Å². The quantitative estimate of drug-likeness (QED) is 0.340. The number of carbonyl (C=O) groups excluding carboxylic acids is 1. The molecule has 0 radical (unpaired) electrons. The van der Waals surface area contributed by atoms with E-state index in [1.807, 2.05) is 40.7 Å². The smallest absolute Gasteiger partial charge is 0.246 e. The van der Waals surface area contributed by atoms with Crippen LogP contribution in [0.1, 0.15) is 18.4 Å². The fraction of sp³-hybridized carbons (Fsp3) is 0.250. The van der Waals surface area contributed by atoms with Gasteiger partial charge in [0.05, 0.1) is 11.4 Å². The summed E-state index contributed by atoms with van der Waals surface area (Å²) in [6, 6.07) is 14.3. The maximum Gasteiger partial charge on any atom is 0.246 e. The van der Waals surface area contributed by atoms with Crippen molar-refractivity contribution in [2.45, 2.75) is 31.8 Å². The molecule has 5 aromatic rings. The van der Waals surface area contributed by atoms with Gasteiger partial charge in [-0.05, 0) is 56.2 Å². The Balaban J connectivity index is 1.14. The minimum Gasteiger partial charge on any atom is -0.448 e. The van der Waals surface area contributed by atoms with Crippen LogP contribution in [-0.4, -0.2) is 65.2 Å². The number of pyridine rings is 1. The van der Waals surface area contributed by atoms with Crippen LogP contribution in [-0.2, 0) is 4.79 Å². The van der Waals surface area contributed by atoms with E-state index in [4.69, 9.17) is 4.74 Å². The van der Waals surface area contributed by atoms with Crippen molar-refractivity contribution in [1.29, 1.82) is 0 Å². The van der Waals surface area contributed by atoms with Crippen molar-refractivity contribution >= 4 is 34.3 Å². The number of nitrogens with one attached hydrogen (secondary N) is 1. The molecule has 2 aliphatic heterocycles. The highest BCUT2D eigenvalue weighted by molar-refractivity contribution is 5.89. The lowest BCUT2D eigenvalue weighted by Gasteiger charge is -2.41. The van der Waals surface area contributed by atoms with Crippen LogP contribution in [0.5, 0.6) is 11.5 Å². The number of hydrogen-bond donors (Lipinski definition) is 1. The van der Waals surface area contributed by atoms with Crippen LogP contribution >= 0.6 is 0 Å². The predicted octanol–water partition coefficient (Wildman–Crippen LogP) is 3.58. The molecule has 39 heavy (non-hydrogen) atoms. The number of carbonyl (C=O) groups is 1. The molecule has 2 unspecified atom stereocenters. The third-order valence-electron chi connectivity index (χ3n) is 7.44. The van der Waals surface area contributed by atoms with Crippen LogP contribution in [0.15, 0.2) is 62.0 Å². The molecular weight excluding hydrogens is 494 g/mol. The first-order valence-corrected chi connectivity index (χ1v) is 12.8. The van der Waals surface area contributed by atoms with E-state index in [0.29, 0.717) is 28.7 Å². The molecule has 1 N–H and O–H groups in total. The molecule has 2 aliphatic rings. The summed E-state index contributed by atoms with van der Waals surface area (Å²) < 4.78 is 9.54.